The van der Waals surface area contributed by atoms with Crippen LogP contribution < -0.4 is 5.32 Å². The Morgan fingerprint density at radius 1 is 1.06 bits per heavy atom. The highest BCUT2D eigenvalue weighted by atomic mass is 16.2. The van der Waals surface area contributed by atoms with Crippen LogP contribution in [0.25, 0.3) is 11.0 Å². The summed E-state index contributed by atoms with van der Waals surface area (Å²) in [7, 11) is 0. The number of hydrogen-bond acceptors (Lipinski definition) is 3. The number of nitrogens with one attached hydrogen (secondary N) is 2. The molecule has 4 rings (SSSR count). The zero-order valence-electron chi connectivity index (χ0n) is 18.4. The summed E-state index contributed by atoms with van der Waals surface area (Å²) in [5.41, 5.74) is 3.55. The van der Waals surface area contributed by atoms with Crippen LogP contribution in [0.3, 0.4) is 0 Å². The van der Waals surface area contributed by atoms with Crippen molar-refractivity contribution in [2.75, 3.05) is 13.1 Å². The van der Waals surface area contributed by atoms with Gasteiger partial charge in [0, 0.05) is 24.6 Å². The topological polar surface area (TPSA) is 78.1 Å². The van der Waals surface area contributed by atoms with Crippen LogP contribution in [-0.4, -0.2) is 45.8 Å². The van der Waals surface area contributed by atoms with Gasteiger partial charge in [-0.3, -0.25) is 9.59 Å². The van der Waals surface area contributed by atoms with E-state index in [-0.39, 0.29) is 17.7 Å². The number of hydrogen-bond donors (Lipinski definition) is 2. The quantitative estimate of drug-likeness (QED) is 0.657. The maximum Gasteiger partial charge on any atom is 0.252 e. The third-order valence-electron chi connectivity index (χ3n) is 6.21. The summed E-state index contributed by atoms with van der Waals surface area (Å²) >= 11 is 0. The number of para-hydroxylation sites is 2. The number of piperidine rings is 1. The highest BCUT2D eigenvalue weighted by molar-refractivity contribution is 5.98. The molecule has 6 nitrogen and oxygen atoms in total. The fourth-order valence-electron chi connectivity index (χ4n) is 4.30. The number of nitrogens with zero attached hydrogens (tertiary/aromatic N) is 2. The van der Waals surface area contributed by atoms with Crippen molar-refractivity contribution in [1.82, 2.24) is 20.2 Å². The molecule has 2 amide bonds. The van der Waals surface area contributed by atoms with Crippen molar-refractivity contribution in [2.45, 2.75) is 45.6 Å². The molecule has 1 aliphatic heterocycles. The molecule has 0 bridgehead atoms. The number of aromatic amines is 1. The van der Waals surface area contributed by atoms with Crippen LogP contribution in [0.5, 0.6) is 0 Å². The van der Waals surface area contributed by atoms with Gasteiger partial charge >= 0.3 is 0 Å². The van der Waals surface area contributed by atoms with Crippen LogP contribution in [0, 0.1) is 12.8 Å². The third-order valence-corrected chi connectivity index (χ3v) is 6.21. The van der Waals surface area contributed by atoms with E-state index in [9.17, 15) is 9.59 Å². The summed E-state index contributed by atoms with van der Waals surface area (Å²) in [6, 6.07) is 15.0. The van der Waals surface area contributed by atoms with Crippen molar-refractivity contribution in [2.24, 2.45) is 5.92 Å². The van der Waals surface area contributed by atoms with Gasteiger partial charge in [0.15, 0.2) is 0 Å². The lowest BCUT2D eigenvalue weighted by Gasteiger charge is -2.35. The number of likely N-dealkylation sites (tertiary alicyclic amines) is 1. The number of carbonyl (C=O) groups is 2. The summed E-state index contributed by atoms with van der Waals surface area (Å²) < 4.78 is 0. The van der Waals surface area contributed by atoms with Crippen LogP contribution in [0.2, 0.25) is 0 Å². The normalized spacial score (nSPS) is 15.9. The largest absolute Gasteiger partial charge is 0.342 e. The first-order chi connectivity index (χ1) is 14.9. The highest BCUT2D eigenvalue weighted by Crippen LogP contribution is 2.28. The molecule has 1 aliphatic rings. The predicted molar refractivity (Wildman–Crippen MR) is 122 cm³/mol. The summed E-state index contributed by atoms with van der Waals surface area (Å²) in [5.74, 6) is 1.13. The lowest BCUT2D eigenvalue weighted by atomic mass is 9.94. The van der Waals surface area contributed by atoms with Gasteiger partial charge < -0.3 is 15.2 Å². The predicted octanol–water partition coefficient (Wildman–Crippen LogP) is 4.03. The molecule has 0 radical (unpaired) electrons. The molecular formula is C25H30N4O2. The van der Waals surface area contributed by atoms with Gasteiger partial charge in [-0.25, -0.2) is 4.98 Å². The number of amides is 2. The highest BCUT2D eigenvalue weighted by Gasteiger charge is 2.32. The Bertz CT molecular complexity index is 1050. The first-order valence-electron chi connectivity index (χ1n) is 11.0. The van der Waals surface area contributed by atoms with Crippen LogP contribution in [0.15, 0.2) is 48.5 Å². The molecule has 1 saturated heterocycles. The van der Waals surface area contributed by atoms with E-state index in [1.165, 1.54) is 0 Å². The zero-order chi connectivity index (χ0) is 22.0. The Morgan fingerprint density at radius 2 is 1.74 bits per heavy atom. The average molecular weight is 419 g/mol. The minimum atomic E-state index is -0.533. The number of carbonyl (C=O) groups excluding carboxylic acids is 2. The van der Waals surface area contributed by atoms with Crippen LogP contribution in [0.1, 0.15) is 54.4 Å². The Balaban J connectivity index is 1.41. The number of imidazole rings is 1. The first kappa shape index (κ1) is 21.1. The molecule has 0 saturated carbocycles. The number of benzene rings is 2. The molecule has 0 spiro atoms. The number of H-pyrrole nitrogens is 1. The molecular weight excluding hydrogens is 388 g/mol. The van der Waals surface area contributed by atoms with E-state index in [0.29, 0.717) is 24.6 Å². The summed E-state index contributed by atoms with van der Waals surface area (Å²) in [6.45, 7) is 7.20. The number of rotatable bonds is 5. The van der Waals surface area contributed by atoms with Crippen LogP contribution in [0.4, 0.5) is 0 Å². The first-order valence-corrected chi connectivity index (χ1v) is 11.0. The van der Waals surface area contributed by atoms with E-state index in [2.05, 4.69) is 10.3 Å². The Kier molecular flexibility index (Phi) is 6.07. The van der Waals surface area contributed by atoms with Gasteiger partial charge in [-0.1, -0.05) is 44.2 Å². The molecule has 1 unspecified atom stereocenters. The summed E-state index contributed by atoms with van der Waals surface area (Å²) in [5, 5.41) is 2.98. The fourth-order valence-corrected chi connectivity index (χ4v) is 4.30. The second kappa shape index (κ2) is 8.92. The van der Waals surface area contributed by atoms with Gasteiger partial charge in [0.1, 0.15) is 11.9 Å². The van der Waals surface area contributed by atoms with Crippen molar-refractivity contribution in [3.63, 3.8) is 0 Å². The lowest BCUT2D eigenvalue weighted by molar-refractivity contribution is -0.135. The van der Waals surface area contributed by atoms with E-state index in [1.54, 1.807) is 6.07 Å². The molecule has 0 aliphatic carbocycles. The Labute approximate surface area is 183 Å². The van der Waals surface area contributed by atoms with Crippen molar-refractivity contribution in [1.29, 1.82) is 0 Å². The number of aromatic nitrogens is 2. The molecule has 6 heteroatoms. The molecule has 1 fully saturated rings. The van der Waals surface area contributed by atoms with E-state index >= 15 is 0 Å². The van der Waals surface area contributed by atoms with Crippen molar-refractivity contribution < 1.29 is 9.59 Å². The number of fused-ring (bicyclic) bond motifs is 1. The van der Waals surface area contributed by atoms with Crippen molar-refractivity contribution >= 4 is 22.8 Å². The summed E-state index contributed by atoms with van der Waals surface area (Å²) in [6.07, 6.45) is 1.73. The standard InChI is InChI=1S/C25H30N4O2/c1-16(2)22(28-24(30)19-9-5-4-8-17(19)3)25(31)29-14-12-18(13-15-29)23-26-20-10-6-7-11-21(20)27-23/h4-11,16,18,22H,12-15H2,1-3H3,(H,26,27)(H,28,30). The third kappa shape index (κ3) is 4.48. The molecule has 1 aromatic heterocycles. The molecule has 3 aromatic rings. The van der Waals surface area contributed by atoms with Crippen molar-refractivity contribution in [3.05, 3.63) is 65.5 Å². The Hall–Kier alpha value is -3.15. The minimum absolute atomic E-state index is 0.00000908. The molecule has 1 atom stereocenters. The number of aryl methyl sites for hydroxylation is 1. The minimum Gasteiger partial charge on any atom is -0.342 e. The van der Waals surface area contributed by atoms with Gasteiger partial charge in [0.25, 0.3) is 5.91 Å². The lowest BCUT2D eigenvalue weighted by Crippen LogP contribution is -2.53. The van der Waals surface area contributed by atoms with Crippen LogP contribution >= 0.6 is 0 Å². The van der Waals surface area contributed by atoms with Gasteiger partial charge in [-0.15, -0.1) is 0 Å². The Morgan fingerprint density at radius 3 is 2.42 bits per heavy atom. The van der Waals surface area contributed by atoms with E-state index < -0.39 is 6.04 Å². The molecule has 31 heavy (non-hydrogen) atoms. The van der Waals surface area contributed by atoms with E-state index in [0.717, 1.165) is 35.3 Å². The van der Waals surface area contributed by atoms with Gasteiger partial charge in [-0.05, 0) is 49.4 Å². The van der Waals surface area contributed by atoms with Crippen molar-refractivity contribution in [3.8, 4) is 0 Å². The molecule has 2 heterocycles. The second-order valence-electron chi connectivity index (χ2n) is 8.75. The van der Waals surface area contributed by atoms with Crippen LogP contribution in [-0.2, 0) is 4.79 Å². The fraction of sp³-hybridized carbons (Fsp3) is 0.400. The van der Waals surface area contributed by atoms with E-state index in [1.807, 2.05) is 68.1 Å². The maximum absolute atomic E-state index is 13.3. The van der Waals surface area contributed by atoms with E-state index in [4.69, 9.17) is 4.98 Å². The maximum atomic E-state index is 13.3. The molecule has 2 aromatic carbocycles. The monoisotopic (exact) mass is 418 g/mol. The summed E-state index contributed by atoms with van der Waals surface area (Å²) in [4.78, 5) is 36.1. The SMILES string of the molecule is Cc1ccccc1C(=O)NC(C(=O)N1CCC(c2nc3ccccc3[nH]2)CC1)C(C)C. The van der Waals surface area contributed by atoms with Gasteiger partial charge in [-0.2, -0.15) is 0 Å². The second-order valence-corrected chi connectivity index (χ2v) is 8.75. The zero-order valence-corrected chi connectivity index (χ0v) is 18.4. The average Bonchev–Trinajstić information content (AvgIpc) is 3.21. The molecule has 162 valence electrons. The van der Waals surface area contributed by atoms with Gasteiger partial charge in [0.2, 0.25) is 5.91 Å². The molecule has 2 N–H and O–H groups in total. The van der Waals surface area contributed by atoms with Gasteiger partial charge in [0.05, 0.1) is 11.0 Å². The smallest absolute Gasteiger partial charge is 0.252 e.